The van der Waals surface area contributed by atoms with Crippen molar-refractivity contribution in [1.29, 1.82) is 0 Å². The fraction of sp³-hybridized carbons (Fsp3) is 0.938. The van der Waals surface area contributed by atoms with Crippen LogP contribution in [-0.2, 0) is 4.79 Å². The average Bonchev–Trinajstić information content (AvgIpc) is 2.47. The predicted octanol–water partition coefficient (Wildman–Crippen LogP) is 1.92. The number of nitrogens with zero attached hydrogens (tertiary/aromatic N) is 1. The van der Waals surface area contributed by atoms with Crippen molar-refractivity contribution < 1.29 is 9.90 Å². The summed E-state index contributed by atoms with van der Waals surface area (Å²) in [6.07, 6.45) is 8.01. The second-order valence-corrected chi connectivity index (χ2v) is 6.59. The normalized spacial score (nSPS) is 30.2. The molecule has 0 aromatic carbocycles. The summed E-state index contributed by atoms with van der Waals surface area (Å²) in [6.45, 7) is 5.17. The highest BCUT2D eigenvalue weighted by atomic mass is 16.3. The maximum atomic E-state index is 11.7. The van der Waals surface area contributed by atoms with E-state index in [1.165, 1.54) is 32.1 Å². The van der Waals surface area contributed by atoms with Gasteiger partial charge in [0.05, 0.1) is 6.10 Å². The first-order valence-corrected chi connectivity index (χ1v) is 8.29. The van der Waals surface area contributed by atoms with Crippen LogP contribution in [0.2, 0.25) is 0 Å². The Bertz CT molecular complexity index is 314. The lowest BCUT2D eigenvalue weighted by molar-refractivity contribution is -0.132. The van der Waals surface area contributed by atoms with E-state index in [0.717, 1.165) is 19.4 Å². The molecule has 2 fully saturated rings. The molecule has 1 heterocycles. The lowest BCUT2D eigenvalue weighted by Crippen LogP contribution is -2.55. The molecule has 0 aromatic rings. The van der Waals surface area contributed by atoms with Gasteiger partial charge in [0.2, 0.25) is 5.91 Å². The first kappa shape index (κ1) is 15.8. The van der Waals surface area contributed by atoms with Gasteiger partial charge in [-0.15, -0.1) is 0 Å². The van der Waals surface area contributed by atoms with Crippen LogP contribution in [0.15, 0.2) is 0 Å². The number of hydrogen-bond acceptors (Lipinski definition) is 3. The van der Waals surface area contributed by atoms with E-state index in [4.69, 9.17) is 0 Å². The molecule has 3 unspecified atom stereocenters. The van der Waals surface area contributed by atoms with Crippen LogP contribution in [0.3, 0.4) is 0 Å². The van der Waals surface area contributed by atoms with Crippen molar-refractivity contribution in [2.45, 2.75) is 77.0 Å². The number of aliphatic hydroxyl groups is 1. The van der Waals surface area contributed by atoms with E-state index in [1.807, 2.05) is 11.8 Å². The smallest absolute Gasteiger partial charge is 0.219 e. The van der Waals surface area contributed by atoms with Crippen LogP contribution in [0, 0.1) is 5.92 Å². The minimum absolute atomic E-state index is 0.133. The number of aliphatic hydroxyl groups excluding tert-OH is 1. The molecule has 0 bridgehead atoms. The summed E-state index contributed by atoms with van der Waals surface area (Å²) in [4.78, 5) is 13.6. The van der Waals surface area contributed by atoms with Gasteiger partial charge >= 0.3 is 0 Å². The van der Waals surface area contributed by atoms with Crippen molar-refractivity contribution in [3.8, 4) is 0 Å². The highest BCUT2D eigenvalue weighted by Gasteiger charge is 2.33. The quantitative estimate of drug-likeness (QED) is 0.828. The van der Waals surface area contributed by atoms with Crippen LogP contribution in [0.25, 0.3) is 0 Å². The number of hydrogen-bond donors (Lipinski definition) is 2. The molecule has 4 heteroatoms. The van der Waals surface area contributed by atoms with Crippen LogP contribution in [-0.4, -0.2) is 47.2 Å². The van der Waals surface area contributed by atoms with Gasteiger partial charge in [-0.3, -0.25) is 4.79 Å². The Balaban J connectivity index is 1.93. The highest BCUT2D eigenvalue weighted by Crippen LogP contribution is 2.24. The molecule has 1 aliphatic heterocycles. The van der Waals surface area contributed by atoms with Crippen LogP contribution in [0.4, 0.5) is 0 Å². The van der Waals surface area contributed by atoms with Gasteiger partial charge in [-0.1, -0.05) is 26.2 Å². The lowest BCUT2D eigenvalue weighted by atomic mass is 9.87. The zero-order valence-electron chi connectivity index (χ0n) is 13.0. The molecule has 0 radical (unpaired) electrons. The Morgan fingerprint density at radius 3 is 2.55 bits per heavy atom. The fourth-order valence-electron chi connectivity index (χ4n) is 3.73. The summed E-state index contributed by atoms with van der Waals surface area (Å²) >= 11 is 0. The van der Waals surface area contributed by atoms with Gasteiger partial charge in [0.25, 0.3) is 0 Å². The molecule has 2 N–H and O–H groups in total. The molecule has 3 atom stereocenters. The maximum absolute atomic E-state index is 11.7. The zero-order chi connectivity index (χ0) is 14.5. The number of carbonyl (C=O) groups is 1. The molecule has 0 spiro atoms. The Morgan fingerprint density at radius 2 is 1.95 bits per heavy atom. The first-order chi connectivity index (χ1) is 9.60. The van der Waals surface area contributed by atoms with Gasteiger partial charge in [-0.05, 0) is 25.7 Å². The van der Waals surface area contributed by atoms with Crippen LogP contribution < -0.4 is 5.32 Å². The highest BCUT2D eigenvalue weighted by molar-refractivity contribution is 5.73. The van der Waals surface area contributed by atoms with Gasteiger partial charge in [0.15, 0.2) is 0 Å². The molecule has 1 saturated carbocycles. The van der Waals surface area contributed by atoms with Gasteiger partial charge < -0.3 is 15.3 Å². The third kappa shape index (κ3) is 4.19. The number of piperidine rings is 1. The summed E-state index contributed by atoms with van der Waals surface area (Å²) in [5.41, 5.74) is 0. The molecular weight excluding hydrogens is 252 g/mol. The van der Waals surface area contributed by atoms with Gasteiger partial charge in [-0.25, -0.2) is 0 Å². The topological polar surface area (TPSA) is 52.6 Å². The maximum Gasteiger partial charge on any atom is 0.219 e. The molecule has 116 valence electrons. The SMILES string of the molecule is CCC(O)C1CC(NC2CCCCC2)CN(C(C)=O)C1. The fourth-order valence-corrected chi connectivity index (χ4v) is 3.73. The second-order valence-electron chi connectivity index (χ2n) is 6.59. The van der Waals surface area contributed by atoms with E-state index in [2.05, 4.69) is 5.32 Å². The number of nitrogens with one attached hydrogen (secondary N) is 1. The van der Waals surface area contributed by atoms with Crippen molar-refractivity contribution in [3.63, 3.8) is 0 Å². The van der Waals surface area contributed by atoms with Crippen molar-refractivity contribution >= 4 is 5.91 Å². The van der Waals surface area contributed by atoms with E-state index in [-0.39, 0.29) is 17.9 Å². The summed E-state index contributed by atoms with van der Waals surface area (Å²) in [5, 5.41) is 13.9. The van der Waals surface area contributed by atoms with E-state index in [9.17, 15) is 9.90 Å². The number of carbonyl (C=O) groups excluding carboxylic acids is 1. The summed E-state index contributed by atoms with van der Waals surface area (Å²) in [5.74, 6) is 0.354. The summed E-state index contributed by atoms with van der Waals surface area (Å²) in [6, 6.07) is 0.960. The van der Waals surface area contributed by atoms with Gasteiger partial charge in [-0.2, -0.15) is 0 Å². The lowest BCUT2D eigenvalue weighted by Gasteiger charge is -2.41. The zero-order valence-corrected chi connectivity index (χ0v) is 13.0. The minimum Gasteiger partial charge on any atom is -0.393 e. The molecule has 2 aliphatic rings. The standard InChI is InChI=1S/C16H30N2O2/c1-3-16(20)13-9-15(11-18(10-13)12(2)19)17-14-7-5-4-6-8-14/h13-17,20H,3-11H2,1-2H3. The third-order valence-corrected chi connectivity index (χ3v) is 4.97. The van der Waals surface area contributed by atoms with Gasteiger partial charge in [0.1, 0.15) is 0 Å². The third-order valence-electron chi connectivity index (χ3n) is 4.97. The molecule has 1 aliphatic carbocycles. The first-order valence-electron chi connectivity index (χ1n) is 8.29. The molecule has 1 saturated heterocycles. The summed E-state index contributed by atoms with van der Waals surface area (Å²) < 4.78 is 0. The van der Waals surface area contributed by atoms with Crippen molar-refractivity contribution in [2.24, 2.45) is 5.92 Å². The molecule has 2 rings (SSSR count). The predicted molar refractivity (Wildman–Crippen MR) is 80.5 cm³/mol. The van der Waals surface area contributed by atoms with Crippen molar-refractivity contribution in [2.75, 3.05) is 13.1 Å². The van der Waals surface area contributed by atoms with E-state index in [1.54, 1.807) is 6.92 Å². The van der Waals surface area contributed by atoms with Crippen LogP contribution in [0.5, 0.6) is 0 Å². The van der Waals surface area contributed by atoms with Crippen LogP contribution in [0.1, 0.15) is 58.8 Å². The molecule has 1 amide bonds. The number of likely N-dealkylation sites (tertiary alicyclic amines) is 1. The Labute approximate surface area is 122 Å². The van der Waals surface area contributed by atoms with E-state index in [0.29, 0.717) is 18.6 Å². The molecule has 4 nitrogen and oxygen atoms in total. The summed E-state index contributed by atoms with van der Waals surface area (Å²) in [7, 11) is 0. The number of amides is 1. The Kier molecular flexibility index (Phi) is 5.85. The van der Waals surface area contributed by atoms with Crippen molar-refractivity contribution in [1.82, 2.24) is 10.2 Å². The largest absolute Gasteiger partial charge is 0.393 e. The van der Waals surface area contributed by atoms with E-state index >= 15 is 0 Å². The monoisotopic (exact) mass is 282 g/mol. The van der Waals surface area contributed by atoms with Crippen molar-refractivity contribution in [3.05, 3.63) is 0 Å². The molecular formula is C16H30N2O2. The number of rotatable bonds is 4. The Hall–Kier alpha value is -0.610. The molecule has 20 heavy (non-hydrogen) atoms. The van der Waals surface area contributed by atoms with Crippen LogP contribution >= 0.6 is 0 Å². The average molecular weight is 282 g/mol. The second kappa shape index (κ2) is 7.41. The van der Waals surface area contributed by atoms with E-state index < -0.39 is 0 Å². The minimum atomic E-state index is -0.284. The Morgan fingerprint density at radius 1 is 1.25 bits per heavy atom. The van der Waals surface area contributed by atoms with Gasteiger partial charge in [0, 0.05) is 38.0 Å². The molecule has 0 aromatic heterocycles.